The normalized spacial score (nSPS) is 24.8. The van der Waals surface area contributed by atoms with E-state index in [4.69, 9.17) is 0 Å². The molecule has 0 spiro atoms. The standard InChI is InChI=1S/C9H12N/c1-2-4-9-7-10-6-5-8(9)3-1/h3-4H,1-2,5-7H2. The molecule has 1 aliphatic heterocycles. The van der Waals surface area contributed by atoms with E-state index in [-0.39, 0.29) is 0 Å². The first-order chi connectivity index (χ1) is 4.97. The van der Waals surface area contributed by atoms with Crippen molar-refractivity contribution in [3.05, 3.63) is 23.3 Å². The maximum Gasteiger partial charge on any atom is 0.0383 e. The van der Waals surface area contributed by atoms with Crippen LogP contribution in [0.2, 0.25) is 0 Å². The lowest BCUT2D eigenvalue weighted by molar-refractivity contribution is 0.658. The number of rotatable bonds is 0. The minimum Gasteiger partial charge on any atom is -0.237 e. The number of fused-ring (bicyclic) bond motifs is 1. The van der Waals surface area contributed by atoms with Crippen LogP contribution in [0.3, 0.4) is 0 Å². The Hall–Kier alpha value is -0.560. The Labute approximate surface area is 61.8 Å². The maximum atomic E-state index is 4.35. The largest absolute Gasteiger partial charge is 0.237 e. The second-order valence-electron chi connectivity index (χ2n) is 2.89. The molecular weight excluding hydrogens is 122 g/mol. The zero-order chi connectivity index (χ0) is 6.81. The van der Waals surface area contributed by atoms with Crippen molar-refractivity contribution >= 4 is 0 Å². The molecule has 1 saturated heterocycles. The monoisotopic (exact) mass is 134 g/mol. The van der Waals surface area contributed by atoms with Crippen molar-refractivity contribution < 1.29 is 0 Å². The highest BCUT2D eigenvalue weighted by Gasteiger charge is 2.12. The lowest BCUT2D eigenvalue weighted by atomic mass is 9.93. The van der Waals surface area contributed by atoms with Gasteiger partial charge in [0.15, 0.2) is 0 Å². The first-order valence-corrected chi connectivity index (χ1v) is 3.98. The van der Waals surface area contributed by atoms with Crippen LogP contribution in [-0.4, -0.2) is 13.1 Å². The van der Waals surface area contributed by atoms with Gasteiger partial charge in [-0.2, -0.15) is 0 Å². The topological polar surface area (TPSA) is 14.1 Å². The van der Waals surface area contributed by atoms with E-state index < -0.39 is 0 Å². The summed E-state index contributed by atoms with van der Waals surface area (Å²) in [6.07, 6.45) is 8.39. The maximum absolute atomic E-state index is 4.35. The Morgan fingerprint density at radius 3 is 2.70 bits per heavy atom. The minimum atomic E-state index is 0.978. The van der Waals surface area contributed by atoms with Gasteiger partial charge in [-0.05, 0) is 30.4 Å². The number of allylic oxidation sites excluding steroid dienone is 2. The Morgan fingerprint density at radius 2 is 1.90 bits per heavy atom. The fourth-order valence-corrected chi connectivity index (χ4v) is 1.61. The van der Waals surface area contributed by atoms with Gasteiger partial charge in [-0.15, -0.1) is 0 Å². The average Bonchev–Trinajstić information content (AvgIpc) is 2.05. The van der Waals surface area contributed by atoms with Crippen LogP contribution in [-0.2, 0) is 0 Å². The summed E-state index contributed by atoms with van der Waals surface area (Å²) in [5.41, 5.74) is 3.07. The summed E-state index contributed by atoms with van der Waals surface area (Å²) < 4.78 is 0. The molecule has 0 aromatic carbocycles. The van der Waals surface area contributed by atoms with Crippen molar-refractivity contribution in [2.75, 3.05) is 13.1 Å². The van der Waals surface area contributed by atoms with Crippen LogP contribution in [0.4, 0.5) is 0 Å². The van der Waals surface area contributed by atoms with Gasteiger partial charge in [0.05, 0.1) is 0 Å². The molecule has 0 atom stereocenters. The molecule has 1 heterocycles. The highest BCUT2D eigenvalue weighted by atomic mass is 14.9. The van der Waals surface area contributed by atoms with Crippen molar-refractivity contribution in [2.24, 2.45) is 0 Å². The lowest BCUT2D eigenvalue weighted by Crippen LogP contribution is -2.20. The van der Waals surface area contributed by atoms with Crippen molar-refractivity contribution in [1.82, 2.24) is 5.32 Å². The third kappa shape index (κ3) is 1.01. The molecule has 1 heteroatoms. The van der Waals surface area contributed by atoms with Crippen LogP contribution in [0, 0.1) is 0 Å². The number of nitrogens with zero attached hydrogens (tertiary/aromatic N) is 1. The van der Waals surface area contributed by atoms with Crippen LogP contribution in [0.1, 0.15) is 19.3 Å². The summed E-state index contributed by atoms with van der Waals surface area (Å²) >= 11 is 0. The third-order valence-electron chi connectivity index (χ3n) is 2.18. The minimum absolute atomic E-state index is 0.978. The molecule has 53 valence electrons. The van der Waals surface area contributed by atoms with Gasteiger partial charge in [0.2, 0.25) is 0 Å². The van der Waals surface area contributed by atoms with E-state index in [1.165, 1.54) is 24.8 Å². The quantitative estimate of drug-likeness (QED) is 0.478. The van der Waals surface area contributed by atoms with Gasteiger partial charge < -0.3 is 0 Å². The van der Waals surface area contributed by atoms with Crippen molar-refractivity contribution in [2.45, 2.75) is 19.3 Å². The molecule has 0 unspecified atom stereocenters. The van der Waals surface area contributed by atoms with E-state index in [1.54, 1.807) is 5.57 Å². The molecule has 1 radical (unpaired) electrons. The summed E-state index contributed by atoms with van der Waals surface area (Å²) in [4.78, 5) is 0. The van der Waals surface area contributed by atoms with E-state index in [0.717, 1.165) is 13.1 Å². The smallest absolute Gasteiger partial charge is 0.0383 e. The van der Waals surface area contributed by atoms with Crippen LogP contribution in [0.15, 0.2) is 23.3 Å². The lowest BCUT2D eigenvalue weighted by Gasteiger charge is -2.20. The Balaban J connectivity index is 2.19. The molecule has 0 N–H and O–H groups in total. The molecule has 1 fully saturated rings. The van der Waals surface area contributed by atoms with Crippen molar-refractivity contribution in [3.8, 4) is 0 Å². The van der Waals surface area contributed by atoms with Crippen molar-refractivity contribution in [3.63, 3.8) is 0 Å². The SMILES string of the molecule is C1=C2CC[N]CC2=CCC1. The predicted octanol–water partition coefficient (Wildman–Crippen LogP) is 1.64. The zero-order valence-corrected chi connectivity index (χ0v) is 6.14. The molecule has 1 aliphatic carbocycles. The number of hydrogen-bond acceptors (Lipinski definition) is 0. The average molecular weight is 134 g/mol. The van der Waals surface area contributed by atoms with E-state index in [2.05, 4.69) is 17.5 Å². The fourth-order valence-electron chi connectivity index (χ4n) is 1.61. The molecule has 2 rings (SSSR count). The van der Waals surface area contributed by atoms with Crippen LogP contribution < -0.4 is 5.32 Å². The number of hydrogen-bond donors (Lipinski definition) is 0. The molecular formula is C9H12N. The van der Waals surface area contributed by atoms with Crippen LogP contribution >= 0.6 is 0 Å². The summed E-state index contributed by atoms with van der Waals surface area (Å²) in [7, 11) is 0. The second-order valence-corrected chi connectivity index (χ2v) is 2.89. The summed E-state index contributed by atoms with van der Waals surface area (Å²) in [5, 5.41) is 4.35. The highest BCUT2D eigenvalue weighted by Crippen LogP contribution is 2.23. The van der Waals surface area contributed by atoms with Gasteiger partial charge in [0.1, 0.15) is 0 Å². The van der Waals surface area contributed by atoms with Crippen molar-refractivity contribution in [1.29, 1.82) is 0 Å². The van der Waals surface area contributed by atoms with Gasteiger partial charge >= 0.3 is 0 Å². The highest BCUT2D eigenvalue weighted by molar-refractivity contribution is 5.36. The molecule has 0 aromatic rings. The van der Waals surface area contributed by atoms with Gasteiger partial charge in [0.25, 0.3) is 0 Å². The van der Waals surface area contributed by atoms with Gasteiger partial charge in [-0.3, -0.25) is 0 Å². The van der Waals surface area contributed by atoms with Gasteiger partial charge in [-0.25, -0.2) is 5.32 Å². The first-order valence-electron chi connectivity index (χ1n) is 3.98. The molecule has 1 nitrogen and oxygen atoms in total. The molecule has 0 saturated carbocycles. The summed E-state index contributed by atoms with van der Waals surface area (Å²) in [6, 6.07) is 0. The Kier molecular flexibility index (Phi) is 1.60. The van der Waals surface area contributed by atoms with E-state index in [9.17, 15) is 0 Å². The molecule has 2 aliphatic rings. The van der Waals surface area contributed by atoms with Crippen LogP contribution in [0.25, 0.3) is 0 Å². The van der Waals surface area contributed by atoms with E-state index >= 15 is 0 Å². The van der Waals surface area contributed by atoms with Gasteiger partial charge in [-0.1, -0.05) is 12.2 Å². The predicted molar refractivity (Wildman–Crippen MR) is 41.9 cm³/mol. The second kappa shape index (κ2) is 2.59. The molecule has 10 heavy (non-hydrogen) atoms. The summed E-state index contributed by atoms with van der Waals surface area (Å²) in [5.74, 6) is 0. The zero-order valence-electron chi connectivity index (χ0n) is 6.14. The fraction of sp³-hybridized carbons (Fsp3) is 0.556. The summed E-state index contributed by atoms with van der Waals surface area (Å²) in [6.45, 7) is 2.02. The van der Waals surface area contributed by atoms with Gasteiger partial charge in [0, 0.05) is 13.1 Å². The molecule has 0 bridgehead atoms. The number of piperidine rings is 1. The Bertz CT molecular complexity index is 167. The Morgan fingerprint density at radius 1 is 1.10 bits per heavy atom. The first kappa shape index (κ1) is 6.17. The van der Waals surface area contributed by atoms with E-state index in [0.29, 0.717) is 0 Å². The van der Waals surface area contributed by atoms with E-state index in [1.807, 2.05) is 0 Å². The molecule has 0 amide bonds. The third-order valence-corrected chi connectivity index (χ3v) is 2.18. The molecule has 0 aromatic heterocycles. The van der Waals surface area contributed by atoms with Crippen LogP contribution in [0.5, 0.6) is 0 Å².